The Morgan fingerprint density at radius 1 is 1.12 bits per heavy atom. The van der Waals surface area contributed by atoms with Gasteiger partial charge in [-0.2, -0.15) is 9.78 Å². The number of piperazine rings is 1. The summed E-state index contributed by atoms with van der Waals surface area (Å²) in [5.41, 5.74) is 3.83. The van der Waals surface area contributed by atoms with Crippen LogP contribution in [0.4, 0.5) is 15.9 Å². The van der Waals surface area contributed by atoms with E-state index in [1.54, 1.807) is 30.2 Å². The van der Waals surface area contributed by atoms with Crippen molar-refractivity contribution < 1.29 is 9.18 Å². The first kappa shape index (κ1) is 34.0. The minimum Gasteiger partial charge on any atom is -0.362 e. The van der Waals surface area contributed by atoms with Crippen molar-refractivity contribution >= 4 is 33.8 Å². The number of anilines is 2. The van der Waals surface area contributed by atoms with Gasteiger partial charge in [0.2, 0.25) is 0 Å². The minimum absolute atomic E-state index is 0.0107. The number of benzene rings is 2. The maximum absolute atomic E-state index is 15.4. The zero-order valence-corrected chi connectivity index (χ0v) is 29.5. The number of halogens is 1. The maximum Gasteiger partial charge on any atom is 0.282 e. The Morgan fingerprint density at radius 2 is 1.84 bits per heavy atom. The normalized spacial score (nSPS) is 17.9. The lowest BCUT2D eigenvalue weighted by Gasteiger charge is -2.37. The predicted molar refractivity (Wildman–Crippen MR) is 196 cm³/mol. The monoisotopic (exact) mass is 663 g/mol. The summed E-state index contributed by atoms with van der Waals surface area (Å²) in [6, 6.07) is 13.6. The van der Waals surface area contributed by atoms with Crippen molar-refractivity contribution in [2.45, 2.75) is 77.9 Å². The smallest absolute Gasteiger partial charge is 0.282 e. The molecule has 2 unspecified atom stereocenters. The third kappa shape index (κ3) is 6.62. The van der Waals surface area contributed by atoms with E-state index in [0.29, 0.717) is 51.4 Å². The molecule has 0 spiro atoms. The van der Waals surface area contributed by atoms with Crippen molar-refractivity contribution in [2.75, 3.05) is 30.4 Å². The van der Waals surface area contributed by atoms with E-state index < -0.39 is 11.4 Å². The summed E-state index contributed by atoms with van der Waals surface area (Å²) in [4.78, 5) is 36.2. The van der Waals surface area contributed by atoms with E-state index in [0.717, 1.165) is 24.3 Å². The van der Waals surface area contributed by atoms with Gasteiger partial charge in [0.05, 0.1) is 29.2 Å². The fourth-order valence-corrected chi connectivity index (χ4v) is 6.82. The third-order valence-electron chi connectivity index (χ3n) is 9.92. The summed E-state index contributed by atoms with van der Waals surface area (Å²) in [5, 5.41) is 11.7. The number of fused-ring (bicyclic) bond motifs is 3. The van der Waals surface area contributed by atoms with Gasteiger partial charge in [-0.25, -0.2) is 9.37 Å². The molecular weight excluding hydrogens is 617 g/mol. The molecule has 4 aromatic rings. The highest BCUT2D eigenvalue weighted by Gasteiger charge is 2.36. The summed E-state index contributed by atoms with van der Waals surface area (Å²) in [5.74, 6) is -0.242. The molecular formula is C39H46FN7O2. The third-order valence-corrected chi connectivity index (χ3v) is 9.92. The molecule has 2 N–H and O–H groups in total. The molecule has 10 heteroatoms. The number of rotatable bonds is 8. The Bertz CT molecular complexity index is 1990. The van der Waals surface area contributed by atoms with Crippen LogP contribution in [0.3, 0.4) is 0 Å². The molecule has 6 rings (SSSR count). The van der Waals surface area contributed by atoms with Gasteiger partial charge in [0.1, 0.15) is 17.3 Å². The molecule has 2 aromatic heterocycles. The lowest BCUT2D eigenvalue weighted by molar-refractivity contribution is -0.127. The average Bonchev–Trinajstić information content (AvgIpc) is 3.31. The number of nitrogens with one attached hydrogen (secondary N) is 2. The lowest BCUT2D eigenvalue weighted by atomic mass is 9.86. The highest BCUT2D eigenvalue weighted by Crippen LogP contribution is 2.33. The van der Waals surface area contributed by atoms with Gasteiger partial charge in [-0.1, -0.05) is 39.5 Å². The van der Waals surface area contributed by atoms with Gasteiger partial charge >= 0.3 is 0 Å². The molecule has 2 saturated heterocycles. The largest absolute Gasteiger partial charge is 0.362 e. The van der Waals surface area contributed by atoms with Crippen LogP contribution in [0.1, 0.15) is 64.2 Å². The second-order valence-electron chi connectivity index (χ2n) is 14.6. The first-order valence-electron chi connectivity index (χ1n) is 17.0. The topological polar surface area (TPSA) is 95.4 Å². The van der Waals surface area contributed by atoms with E-state index in [2.05, 4.69) is 33.3 Å². The van der Waals surface area contributed by atoms with E-state index in [1.807, 2.05) is 65.9 Å². The molecule has 0 saturated carbocycles. The van der Waals surface area contributed by atoms with Crippen molar-refractivity contribution in [3.05, 3.63) is 106 Å². The van der Waals surface area contributed by atoms with Crippen LogP contribution in [-0.2, 0) is 10.2 Å². The van der Waals surface area contributed by atoms with E-state index in [9.17, 15) is 9.59 Å². The number of carbonyl (C=O) groups excluding carboxylic acids is 1. The zero-order chi connectivity index (χ0) is 35.2. The number of aromatic nitrogens is 3. The Labute approximate surface area is 287 Å². The fraction of sp³-hybridized carbons (Fsp3) is 0.385. The molecule has 9 nitrogen and oxygen atoms in total. The summed E-state index contributed by atoms with van der Waals surface area (Å²) < 4.78 is 16.6. The molecule has 1 amide bonds. The van der Waals surface area contributed by atoms with Gasteiger partial charge in [-0.3, -0.25) is 9.59 Å². The number of hydrogen-bond donors (Lipinski definition) is 2. The zero-order valence-electron chi connectivity index (χ0n) is 29.5. The van der Waals surface area contributed by atoms with Crippen molar-refractivity contribution in [1.29, 1.82) is 0 Å². The van der Waals surface area contributed by atoms with Crippen LogP contribution in [0.25, 0.3) is 22.0 Å². The van der Waals surface area contributed by atoms with Gasteiger partial charge in [0.25, 0.3) is 11.5 Å². The molecule has 2 aliphatic rings. The quantitative estimate of drug-likeness (QED) is 0.168. The highest BCUT2D eigenvalue weighted by atomic mass is 19.1. The number of nitrogens with zero attached hydrogens (tertiary/aromatic N) is 5. The highest BCUT2D eigenvalue weighted by molar-refractivity contribution is 5.99. The van der Waals surface area contributed by atoms with E-state index in [4.69, 9.17) is 4.98 Å². The van der Waals surface area contributed by atoms with Crippen LogP contribution < -0.4 is 21.1 Å². The Hall–Kier alpha value is -4.83. The number of allylic oxidation sites excluding steroid dienone is 2. The van der Waals surface area contributed by atoms with Gasteiger partial charge in [-0.15, -0.1) is 0 Å². The van der Waals surface area contributed by atoms with Gasteiger partial charge in [0, 0.05) is 43.6 Å². The SMILES string of the molecule is C=C(/C=C(/Nc1ccc(N2C3CCC2CNC3)cn1)C(=O)N(C)C(C)C)c1cccc(-n2ncc3cc(C(C)(C)C)cc(F)c3c2=O)c1C. The molecule has 2 atom stereocenters. The molecule has 256 valence electrons. The van der Waals surface area contributed by atoms with Crippen LogP contribution in [0.5, 0.6) is 0 Å². The number of pyridine rings is 1. The molecule has 0 radical (unpaired) electrons. The van der Waals surface area contributed by atoms with Gasteiger partial charge in [-0.05, 0) is 97.7 Å². The van der Waals surface area contributed by atoms with Crippen molar-refractivity contribution in [2.24, 2.45) is 0 Å². The second kappa shape index (κ2) is 13.2. The van der Waals surface area contributed by atoms with Crippen LogP contribution in [-0.4, -0.2) is 63.8 Å². The van der Waals surface area contributed by atoms with Crippen molar-refractivity contribution in [1.82, 2.24) is 25.0 Å². The van der Waals surface area contributed by atoms with Gasteiger partial charge in [0.15, 0.2) is 0 Å². The fourth-order valence-electron chi connectivity index (χ4n) is 6.82. The number of likely N-dealkylation sites (N-methyl/N-ethyl adjacent to an activating group) is 1. The number of amides is 1. The van der Waals surface area contributed by atoms with E-state index in [1.165, 1.54) is 29.8 Å². The van der Waals surface area contributed by atoms with Crippen LogP contribution in [0.15, 0.2) is 78.0 Å². The lowest BCUT2D eigenvalue weighted by Crippen LogP contribution is -2.52. The first-order chi connectivity index (χ1) is 23.2. The van der Waals surface area contributed by atoms with E-state index >= 15 is 4.39 Å². The Morgan fingerprint density at radius 3 is 2.47 bits per heavy atom. The predicted octanol–water partition coefficient (Wildman–Crippen LogP) is 6.34. The summed E-state index contributed by atoms with van der Waals surface area (Å²) in [6.45, 7) is 18.0. The summed E-state index contributed by atoms with van der Waals surface area (Å²) >= 11 is 0. The molecule has 2 aromatic carbocycles. The number of hydrogen-bond acceptors (Lipinski definition) is 7. The molecule has 2 aliphatic heterocycles. The first-order valence-corrected chi connectivity index (χ1v) is 17.0. The van der Waals surface area contributed by atoms with Crippen molar-refractivity contribution in [3.63, 3.8) is 0 Å². The summed E-state index contributed by atoms with van der Waals surface area (Å²) in [6.07, 6.45) is 7.46. The maximum atomic E-state index is 15.4. The molecule has 4 heterocycles. The van der Waals surface area contributed by atoms with Crippen LogP contribution in [0, 0.1) is 12.7 Å². The number of carbonyl (C=O) groups is 1. The molecule has 0 aliphatic carbocycles. The second-order valence-corrected chi connectivity index (χ2v) is 14.6. The minimum atomic E-state index is -0.574. The van der Waals surface area contributed by atoms with Crippen LogP contribution >= 0.6 is 0 Å². The van der Waals surface area contributed by atoms with Crippen molar-refractivity contribution in [3.8, 4) is 5.69 Å². The Kier molecular flexibility index (Phi) is 9.19. The van der Waals surface area contributed by atoms with E-state index in [-0.39, 0.29) is 22.8 Å². The molecule has 2 bridgehead atoms. The van der Waals surface area contributed by atoms with Gasteiger partial charge < -0.3 is 20.4 Å². The Balaban J connectivity index is 1.33. The van der Waals surface area contributed by atoms with Crippen LogP contribution in [0.2, 0.25) is 0 Å². The molecule has 2 fully saturated rings. The standard InChI is InChI=1S/C39H46FN7O2/c1-23(2)45(8)37(48)33(44-35-15-14-30(22-42-35)46-28-12-13-29(46)21-41-20-28)16-24(3)31-10-9-11-34(25(31)4)47-38(49)36-26(19-43-47)17-27(18-32(36)40)39(5,6)7/h9-11,14-19,22-23,28-29,41H,3,12-13,20-21H2,1-2,4-8H3,(H,42,44)/b33-16+. The molecule has 49 heavy (non-hydrogen) atoms. The summed E-state index contributed by atoms with van der Waals surface area (Å²) in [7, 11) is 1.76. The average molecular weight is 664 g/mol.